The third-order valence-electron chi connectivity index (χ3n) is 7.37. The van der Waals surface area contributed by atoms with Crippen LogP contribution in [0, 0.1) is 0 Å². The van der Waals surface area contributed by atoms with E-state index in [4.69, 9.17) is 4.74 Å². The summed E-state index contributed by atoms with van der Waals surface area (Å²) < 4.78 is 8.37. The first-order chi connectivity index (χ1) is 15.6. The predicted molar refractivity (Wildman–Crippen MR) is 118 cm³/mol. The number of hydrogen-bond donors (Lipinski definition) is 1. The highest BCUT2D eigenvalue weighted by atomic mass is 16.5. The second-order valence-electron chi connectivity index (χ2n) is 8.93. The summed E-state index contributed by atoms with van der Waals surface area (Å²) in [5.74, 6) is -0.0108. The van der Waals surface area contributed by atoms with Crippen molar-refractivity contribution in [1.82, 2.24) is 14.4 Å². The summed E-state index contributed by atoms with van der Waals surface area (Å²) >= 11 is 0. The van der Waals surface area contributed by atoms with E-state index in [1.807, 2.05) is 35.2 Å². The van der Waals surface area contributed by atoms with Gasteiger partial charge in [0.2, 0.25) is 0 Å². The SMILES string of the molecule is O=C(O)N1CCn2c(c(C(=O)N3CCC4(CC3)OCc3ccccc34)c3ccccc32)C1. The van der Waals surface area contributed by atoms with Crippen molar-refractivity contribution in [3.8, 4) is 0 Å². The van der Waals surface area contributed by atoms with Crippen LogP contribution in [0.5, 0.6) is 0 Å². The number of hydrogen-bond acceptors (Lipinski definition) is 3. The highest BCUT2D eigenvalue weighted by molar-refractivity contribution is 6.08. The predicted octanol–water partition coefficient (Wildman–Crippen LogP) is 3.80. The highest BCUT2D eigenvalue weighted by Crippen LogP contribution is 2.44. The minimum Gasteiger partial charge on any atom is -0.465 e. The Bertz CT molecular complexity index is 1240. The van der Waals surface area contributed by atoms with Gasteiger partial charge in [-0.25, -0.2) is 4.79 Å². The van der Waals surface area contributed by atoms with Crippen molar-refractivity contribution in [2.75, 3.05) is 19.6 Å². The summed E-state index contributed by atoms with van der Waals surface area (Å²) in [6.07, 6.45) is 0.590. The number of piperidine rings is 1. The summed E-state index contributed by atoms with van der Waals surface area (Å²) in [6.45, 7) is 3.09. The maximum atomic E-state index is 13.8. The fourth-order valence-electron chi connectivity index (χ4n) is 5.69. The monoisotopic (exact) mass is 431 g/mol. The maximum Gasteiger partial charge on any atom is 0.407 e. The number of amides is 2. The average Bonchev–Trinajstić information content (AvgIpc) is 3.35. The van der Waals surface area contributed by atoms with Crippen molar-refractivity contribution in [2.24, 2.45) is 0 Å². The topological polar surface area (TPSA) is 75.0 Å². The first-order valence-corrected chi connectivity index (χ1v) is 11.2. The quantitative estimate of drug-likeness (QED) is 0.636. The van der Waals surface area contributed by atoms with Gasteiger partial charge < -0.3 is 24.2 Å². The van der Waals surface area contributed by atoms with Gasteiger partial charge >= 0.3 is 6.09 Å². The lowest BCUT2D eigenvalue weighted by Gasteiger charge is -2.39. The lowest BCUT2D eigenvalue weighted by molar-refractivity contribution is -0.0741. The van der Waals surface area contributed by atoms with E-state index in [1.54, 1.807) is 0 Å². The molecule has 0 saturated carbocycles. The fraction of sp³-hybridized carbons (Fsp3) is 0.360. The lowest BCUT2D eigenvalue weighted by Crippen LogP contribution is -2.45. The number of para-hydroxylation sites is 1. The molecule has 32 heavy (non-hydrogen) atoms. The van der Waals surface area contributed by atoms with Crippen LogP contribution < -0.4 is 0 Å². The van der Waals surface area contributed by atoms with Crippen LogP contribution in [0.1, 0.15) is 40.0 Å². The molecule has 1 fully saturated rings. The lowest BCUT2D eigenvalue weighted by atomic mass is 9.83. The van der Waals surface area contributed by atoms with Gasteiger partial charge in [0.05, 0.1) is 30.0 Å². The molecule has 3 aliphatic rings. The van der Waals surface area contributed by atoms with E-state index in [2.05, 4.69) is 22.8 Å². The van der Waals surface area contributed by atoms with Crippen LogP contribution >= 0.6 is 0 Å². The molecule has 4 heterocycles. The Morgan fingerprint density at radius 1 is 0.906 bits per heavy atom. The zero-order valence-electron chi connectivity index (χ0n) is 17.8. The van der Waals surface area contributed by atoms with E-state index < -0.39 is 6.09 Å². The van der Waals surface area contributed by atoms with E-state index in [1.165, 1.54) is 16.0 Å². The van der Waals surface area contributed by atoms with Crippen LogP contribution in [-0.4, -0.2) is 51.1 Å². The number of aromatic nitrogens is 1. The molecule has 0 unspecified atom stereocenters. The van der Waals surface area contributed by atoms with Gasteiger partial charge in [0.1, 0.15) is 0 Å². The molecule has 7 nitrogen and oxygen atoms in total. The second kappa shape index (κ2) is 7.10. The van der Waals surface area contributed by atoms with Crippen LogP contribution in [0.2, 0.25) is 0 Å². The molecule has 3 aromatic rings. The van der Waals surface area contributed by atoms with Crippen molar-refractivity contribution in [3.63, 3.8) is 0 Å². The molecular formula is C25H25N3O4. The van der Waals surface area contributed by atoms with Gasteiger partial charge in [0.25, 0.3) is 5.91 Å². The van der Waals surface area contributed by atoms with Crippen LogP contribution in [-0.2, 0) is 30.0 Å². The summed E-state index contributed by atoms with van der Waals surface area (Å²) in [5.41, 5.74) is 4.65. The van der Waals surface area contributed by atoms with E-state index in [0.29, 0.717) is 38.3 Å². The largest absolute Gasteiger partial charge is 0.465 e. The Kier molecular flexibility index (Phi) is 4.30. The van der Waals surface area contributed by atoms with E-state index in [9.17, 15) is 14.7 Å². The van der Waals surface area contributed by atoms with Gasteiger partial charge in [-0.1, -0.05) is 42.5 Å². The zero-order valence-corrected chi connectivity index (χ0v) is 17.8. The number of fused-ring (bicyclic) bond motifs is 5. The van der Waals surface area contributed by atoms with Gasteiger partial charge in [0, 0.05) is 37.1 Å². The molecule has 7 heteroatoms. The van der Waals surface area contributed by atoms with Crippen LogP contribution in [0.4, 0.5) is 4.79 Å². The summed E-state index contributed by atoms with van der Waals surface area (Å²) in [4.78, 5) is 28.7. The fourth-order valence-corrected chi connectivity index (χ4v) is 5.69. The number of carbonyl (C=O) groups excluding carboxylic acids is 1. The van der Waals surface area contributed by atoms with Crippen molar-refractivity contribution in [2.45, 2.75) is 38.1 Å². The molecule has 3 aliphatic heterocycles. The number of nitrogens with zero attached hydrogens (tertiary/aromatic N) is 3. The molecule has 1 saturated heterocycles. The highest BCUT2D eigenvalue weighted by Gasteiger charge is 2.44. The molecular weight excluding hydrogens is 406 g/mol. The Hall–Kier alpha value is -3.32. The summed E-state index contributed by atoms with van der Waals surface area (Å²) in [7, 11) is 0. The molecule has 6 rings (SSSR count). The van der Waals surface area contributed by atoms with Gasteiger partial charge in [-0.15, -0.1) is 0 Å². The Balaban J connectivity index is 1.32. The van der Waals surface area contributed by atoms with Crippen molar-refractivity contribution >= 4 is 22.9 Å². The Morgan fingerprint density at radius 2 is 1.66 bits per heavy atom. The molecule has 0 atom stereocenters. The van der Waals surface area contributed by atoms with Crippen molar-refractivity contribution in [3.05, 3.63) is 70.9 Å². The third kappa shape index (κ3) is 2.77. The first kappa shape index (κ1) is 19.4. The van der Waals surface area contributed by atoms with Gasteiger partial charge in [-0.2, -0.15) is 0 Å². The van der Waals surface area contributed by atoms with Gasteiger partial charge in [-0.05, 0) is 30.0 Å². The summed E-state index contributed by atoms with van der Waals surface area (Å²) in [6, 6.07) is 16.3. The minimum absolute atomic E-state index is 0.0108. The second-order valence-corrected chi connectivity index (χ2v) is 8.93. The summed E-state index contributed by atoms with van der Waals surface area (Å²) in [5, 5.41) is 10.4. The van der Waals surface area contributed by atoms with Gasteiger partial charge in [-0.3, -0.25) is 4.79 Å². The molecule has 0 bridgehead atoms. The standard InChI is InChI=1S/C25H25N3O4/c29-23(26-11-9-25(10-12-26)19-7-3-1-5-17(19)16-32-25)22-18-6-2-4-8-20(18)28-14-13-27(24(30)31)15-21(22)28/h1-8H,9-16H2,(H,30,31). The van der Waals surface area contributed by atoms with Crippen molar-refractivity contribution in [1.29, 1.82) is 0 Å². The molecule has 1 aromatic heterocycles. The number of carbonyl (C=O) groups is 2. The third-order valence-corrected chi connectivity index (χ3v) is 7.37. The smallest absolute Gasteiger partial charge is 0.407 e. The Labute approximate surface area is 185 Å². The number of likely N-dealkylation sites (tertiary alicyclic amines) is 1. The molecule has 0 aliphatic carbocycles. The maximum absolute atomic E-state index is 13.8. The van der Waals surface area contributed by atoms with E-state index in [0.717, 1.165) is 29.4 Å². The number of carboxylic acid groups (broad SMARTS) is 1. The van der Waals surface area contributed by atoms with Crippen LogP contribution in [0.25, 0.3) is 10.9 Å². The van der Waals surface area contributed by atoms with E-state index in [-0.39, 0.29) is 18.1 Å². The molecule has 2 aromatic carbocycles. The molecule has 1 spiro atoms. The van der Waals surface area contributed by atoms with Crippen molar-refractivity contribution < 1.29 is 19.4 Å². The average molecular weight is 431 g/mol. The Morgan fingerprint density at radius 3 is 2.47 bits per heavy atom. The number of ether oxygens (including phenoxy) is 1. The van der Waals surface area contributed by atoms with Gasteiger partial charge in [0.15, 0.2) is 0 Å². The van der Waals surface area contributed by atoms with Crippen LogP contribution in [0.15, 0.2) is 48.5 Å². The molecule has 2 amide bonds. The first-order valence-electron chi connectivity index (χ1n) is 11.2. The normalized spacial score (nSPS) is 19.2. The number of rotatable bonds is 1. The number of benzene rings is 2. The van der Waals surface area contributed by atoms with Crippen LogP contribution in [0.3, 0.4) is 0 Å². The zero-order chi connectivity index (χ0) is 21.9. The molecule has 1 N–H and O–H groups in total. The minimum atomic E-state index is -0.947. The molecule has 164 valence electrons. The van der Waals surface area contributed by atoms with E-state index >= 15 is 0 Å². The molecule has 0 radical (unpaired) electrons.